The molecule has 2 aromatic carbocycles. The molecule has 0 aliphatic heterocycles. The van der Waals surface area contributed by atoms with Crippen LogP contribution in [0.2, 0.25) is 0 Å². The molecule has 0 saturated carbocycles. The van der Waals surface area contributed by atoms with Crippen molar-refractivity contribution in [1.29, 1.82) is 0 Å². The molecule has 0 aliphatic carbocycles. The first-order chi connectivity index (χ1) is 14.3. The molecule has 5 heteroatoms. The van der Waals surface area contributed by atoms with Crippen LogP contribution in [-0.2, 0) is 0 Å². The highest BCUT2D eigenvalue weighted by molar-refractivity contribution is 7.08. The maximum Gasteiger partial charge on any atom is 0.193 e. The molecule has 0 aliphatic rings. The van der Waals surface area contributed by atoms with E-state index in [0.29, 0.717) is 11.2 Å². The monoisotopic (exact) mass is 395 g/mol. The lowest BCUT2D eigenvalue weighted by atomic mass is 10.1. The Hall–Kier alpha value is -3.70. The van der Waals surface area contributed by atoms with Crippen LogP contribution < -0.4 is 10.7 Å². The molecule has 5 rings (SSSR count). The van der Waals surface area contributed by atoms with Crippen LogP contribution in [0.15, 0.2) is 101 Å². The Bertz CT molecular complexity index is 1330. The Kier molecular flexibility index (Phi) is 4.42. The lowest BCUT2D eigenvalue weighted by Crippen LogP contribution is -2.13. The molecular weight excluding hydrogens is 378 g/mol. The number of hydrogen-bond acceptors (Lipinski definition) is 4. The average molecular weight is 395 g/mol. The first kappa shape index (κ1) is 17.4. The van der Waals surface area contributed by atoms with E-state index in [0.717, 1.165) is 28.1 Å². The van der Waals surface area contributed by atoms with Gasteiger partial charge in [-0.25, -0.2) is 0 Å². The first-order valence-corrected chi connectivity index (χ1v) is 10.2. The molecule has 0 unspecified atom stereocenters. The Morgan fingerprint density at radius 1 is 0.897 bits per heavy atom. The molecule has 3 heterocycles. The van der Waals surface area contributed by atoms with Crippen molar-refractivity contribution in [3.8, 4) is 16.9 Å². The summed E-state index contributed by atoms with van der Waals surface area (Å²) in [6, 6.07) is 25.5. The smallest absolute Gasteiger partial charge is 0.193 e. The topological polar surface area (TPSA) is 46.9 Å². The summed E-state index contributed by atoms with van der Waals surface area (Å²) in [6.07, 6.45) is 1.68. The van der Waals surface area contributed by atoms with Gasteiger partial charge in [0.1, 0.15) is 5.82 Å². The molecular formula is C24H17N3OS. The Balaban J connectivity index is 1.80. The van der Waals surface area contributed by atoms with Gasteiger partial charge in [-0.05, 0) is 41.8 Å². The van der Waals surface area contributed by atoms with Gasteiger partial charge in [0.05, 0.1) is 16.6 Å². The largest absolute Gasteiger partial charge is 0.341 e. The fourth-order valence-corrected chi connectivity index (χ4v) is 4.05. The molecule has 1 N–H and O–H groups in total. The number of thiophene rings is 1. The van der Waals surface area contributed by atoms with Gasteiger partial charge in [0, 0.05) is 34.6 Å². The summed E-state index contributed by atoms with van der Waals surface area (Å²) < 4.78 is 2.07. The number of anilines is 2. The van der Waals surface area contributed by atoms with Crippen LogP contribution in [0.4, 0.5) is 11.5 Å². The number of rotatable bonds is 4. The summed E-state index contributed by atoms with van der Waals surface area (Å²) in [5.41, 5.74) is 4.54. The van der Waals surface area contributed by atoms with E-state index in [-0.39, 0.29) is 5.43 Å². The van der Waals surface area contributed by atoms with E-state index >= 15 is 0 Å². The zero-order valence-electron chi connectivity index (χ0n) is 15.4. The van der Waals surface area contributed by atoms with Crippen molar-refractivity contribution in [2.24, 2.45) is 0 Å². The number of para-hydroxylation sites is 2. The van der Waals surface area contributed by atoms with E-state index in [1.165, 1.54) is 0 Å². The molecule has 5 aromatic rings. The molecule has 29 heavy (non-hydrogen) atoms. The minimum Gasteiger partial charge on any atom is -0.341 e. The third-order valence-electron chi connectivity index (χ3n) is 4.77. The number of fused-ring (bicyclic) bond motifs is 1. The fourth-order valence-electron chi connectivity index (χ4n) is 3.40. The minimum atomic E-state index is -0.0602. The molecule has 4 nitrogen and oxygen atoms in total. The lowest BCUT2D eigenvalue weighted by molar-refractivity contribution is 1.10. The van der Waals surface area contributed by atoms with Crippen molar-refractivity contribution in [3.05, 3.63) is 106 Å². The van der Waals surface area contributed by atoms with Crippen molar-refractivity contribution in [2.45, 2.75) is 0 Å². The van der Waals surface area contributed by atoms with Gasteiger partial charge in [-0.2, -0.15) is 11.3 Å². The van der Waals surface area contributed by atoms with E-state index in [1.807, 2.05) is 78.2 Å². The Morgan fingerprint density at radius 3 is 2.38 bits per heavy atom. The Morgan fingerprint density at radius 2 is 1.66 bits per heavy atom. The summed E-state index contributed by atoms with van der Waals surface area (Å²) in [5.74, 6) is 0.711. The number of aromatic nitrogens is 2. The number of pyridine rings is 2. The van der Waals surface area contributed by atoms with Gasteiger partial charge in [-0.3, -0.25) is 14.3 Å². The van der Waals surface area contributed by atoms with Crippen LogP contribution in [0.3, 0.4) is 0 Å². The second-order valence-electron chi connectivity index (χ2n) is 6.65. The van der Waals surface area contributed by atoms with Gasteiger partial charge in [-0.15, -0.1) is 0 Å². The molecule has 0 bridgehead atoms. The standard InChI is InChI=1S/C24H17N3OS/c28-23-14-24(26-18-7-3-1-4-8-18)27(19-9-5-2-6-10-19)22-13-21(25-15-20(22)23)17-11-12-29-16-17/h1-16,26H. The minimum absolute atomic E-state index is 0.0602. The predicted octanol–water partition coefficient (Wildman–Crippen LogP) is 5.86. The van der Waals surface area contributed by atoms with Gasteiger partial charge in [-0.1, -0.05) is 36.4 Å². The van der Waals surface area contributed by atoms with E-state index < -0.39 is 0 Å². The van der Waals surface area contributed by atoms with Gasteiger partial charge >= 0.3 is 0 Å². The molecule has 0 atom stereocenters. The van der Waals surface area contributed by atoms with Crippen molar-refractivity contribution in [3.63, 3.8) is 0 Å². The van der Waals surface area contributed by atoms with Crippen molar-refractivity contribution in [2.75, 3.05) is 5.32 Å². The average Bonchev–Trinajstić information content (AvgIpc) is 3.30. The SMILES string of the molecule is O=c1cc(Nc2ccccc2)n(-c2ccccc2)c2cc(-c3ccsc3)ncc12. The highest BCUT2D eigenvalue weighted by Gasteiger charge is 2.13. The van der Waals surface area contributed by atoms with E-state index in [9.17, 15) is 4.79 Å². The zero-order valence-corrected chi connectivity index (χ0v) is 16.3. The summed E-state index contributed by atoms with van der Waals surface area (Å²) in [6.45, 7) is 0. The number of benzene rings is 2. The fraction of sp³-hybridized carbons (Fsp3) is 0. The molecule has 140 valence electrons. The summed E-state index contributed by atoms with van der Waals surface area (Å²) >= 11 is 1.63. The van der Waals surface area contributed by atoms with E-state index in [2.05, 4.69) is 20.2 Å². The number of nitrogens with one attached hydrogen (secondary N) is 1. The van der Waals surface area contributed by atoms with Gasteiger partial charge in [0.25, 0.3) is 0 Å². The van der Waals surface area contributed by atoms with Crippen LogP contribution in [0.25, 0.3) is 27.8 Å². The quantitative estimate of drug-likeness (QED) is 0.415. The third kappa shape index (κ3) is 3.32. The van der Waals surface area contributed by atoms with Crippen LogP contribution in [0.5, 0.6) is 0 Å². The third-order valence-corrected chi connectivity index (χ3v) is 5.46. The molecule has 0 spiro atoms. The molecule has 3 aromatic heterocycles. The van der Waals surface area contributed by atoms with Gasteiger partial charge in [0.2, 0.25) is 0 Å². The van der Waals surface area contributed by atoms with Crippen LogP contribution in [0, 0.1) is 0 Å². The van der Waals surface area contributed by atoms with E-state index in [1.54, 1.807) is 23.6 Å². The highest BCUT2D eigenvalue weighted by Crippen LogP contribution is 2.28. The molecule has 0 radical (unpaired) electrons. The summed E-state index contributed by atoms with van der Waals surface area (Å²) in [4.78, 5) is 17.4. The second-order valence-corrected chi connectivity index (χ2v) is 7.43. The molecule has 0 saturated heterocycles. The lowest BCUT2D eigenvalue weighted by Gasteiger charge is -2.18. The first-order valence-electron chi connectivity index (χ1n) is 9.25. The van der Waals surface area contributed by atoms with E-state index in [4.69, 9.17) is 0 Å². The van der Waals surface area contributed by atoms with Crippen molar-refractivity contribution >= 4 is 33.7 Å². The number of hydrogen-bond donors (Lipinski definition) is 1. The number of nitrogens with zero attached hydrogens (tertiary/aromatic N) is 2. The van der Waals surface area contributed by atoms with Gasteiger partial charge < -0.3 is 5.32 Å². The zero-order chi connectivity index (χ0) is 19.6. The van der Waals surface area contributed by atoms with Crippen LogP contribution in [-0.4, -0.2) is 9.55 Å². The van der Waals surface area contributed by atoms with Crippen LogP contribution >= 0.6 is 11.3 Å². The Labute approximate surface area is 171 Å². The van der Waals surface area contributed by atoms with Crippen LogP contribution in [0.1, 0.15) is 0 Å². The van der Waals surface area contributed by atoms with Gasteiger partial charge in [0.15, 0.2) is 5.43 Å². The second kappa shape index (κ2) is 7.37. The maximum atomic E-state index is 12.9. The molecule has 0 amide bonds. The molecule has 0 fully saturated rings. The maximum absolute atomic E-state index is 12.9. The predicted molar refractivity (Wildman–Crippen MR) is 120 cm³/mol. The normalized spacial score (nSPS) is 10.9. The van der Waals surface area contributed by atoms with Crippen molar-refractivity contribution < 1.29 is 0 Å². The summed E-state index contributed by atoms with van der Waals surface area (Å²) in [7, 11) is 0. The highest BCUT2D eigenvalue weighted by atomic mass is 32.1. The van der Waals surface area contributed by atoms with Crippen molar-refractivity contribution in [1.82, 2.24) is 9.55 Å². The summed E-state index contributed by atoms with van der Waals surface area (Å²) in [5, 5.41) is 8.08.